The topological polar surface area (TPSA) is 52.6 Å². The third-order valence-corrected chi connectivity index (χ3v) is 4.73. The van der Waals surface area contributed by atoms with Crippen molar-refractivity contribution in [2.24, 2.45) is 5.92 Å². The van der Waals surface area contributed by atoms with E-state index in [0.717, 1.165) is 17.8 Å². The molecule has 1 atom stereocenters. The van der Waals surface area contributed by atoms with E-state index in [9.17, 15) is 9.59 Å². The van der Waals surface area contributed by atoms with Crippen LogP contribution in [-0.2, 0) is 16.0 Å². The van der Waals surface area contributed by atoms with E-state index in [1.165, 1.54) is 5.56 Å². The molecule has 1 unspecified atom stereocenters. The maximum Gasteiger partial charge on any atom is 0.227 e. The molecule has 2 aromatic carbocycles. The summed E-state index contributed by atoms with van der Waals surface area (Å²) >= 11 is 0. The van der Waals surface area contributed by atoms with Gasteiger partial charge in [0.2, 0.25) is 11.8 Å². The van der Waals surface area contributed by atoms with E-state index in [4.69, 9.17) is 0 Å². The van der Waals surface area contributed by atoms with E-state index in [1.54, 1.807) is 4.90 Å². The lowest BCUT2D eigenvalue weighted by Gasteiger charge is -2.19. The van der Waals surface area contributed by atoms with Crippen molar-refractivity contribution in [1.29, 1.82) is 0 Å². The lowest BCUT2D eigenvalue weighted by Crippen LogP contribution is -2.34. The first-order valence-electron chi connectivity index (χ1n) is 8.94. The van der Waals surface area contributed by atoms with Gasteiger partial charge in [0, 0.05) is 45.0 Å². The first kappa shape index (κ1) is 18.0. The number of benzene rings is 2. The van der Waals surface area contributed by atoms with Crippen LogP contribution in [0.25, 0.3) is 0 Å². The van der Waals surface area contributed by atoms with E-state index >= 15 is 0 Å². The summed E-state index contributed by atoms with van der Waals surface area (Å²) in [6.07, 6.45) is 1.07. The van der Waals surface area contributed by atoms with Gasteiger partial charge >= 0.3 is 0 Å². The third-order valence-electron chi connectivity index (χ3n) is 4.73. The van der Waals surface area contributed by atoms with E-state index < -0.39 is 0 Å². The molecule has 0 spiro atoms. The van der Waals surface area contributed by atoms with Crippen LogP contribution in [0, 0.1) is 5.92 Å². The fourth-order valence-electron chi connectivity index (χ4n) is 3.18. The van der Waals surface area contributed by atoms with Crippen molar-refractivity contribution in [2.75, 3.05) is 37.0 Å². The SMILES string of the molecule is CN(C)c1ccc(N2CC(C(=O)NCCc3ccccc3)CC2=O)cc1. The maximum absolute atomic E-state index is 12.4. The molecule has 1 N–H and O–H groups in total. The highest BCUT2D eigenvalue weighted by Gasteiger charge is 2.34. The largest absolute Gasteiger partial charge is 0.378 e. The van der Waals surface area contributed by atoms with Crippen molar-refractivity contribution in [3.8, 4) is 0 Å². The highest BCUT2D eigenvalue weighted by Crippen LogP contribution is 2.26. The Morgan fingerprint density at radius 1 is 1.12 bits per heavy atom. The van der Waals surface area contributed by atoms with Gasteiger partial charge in [-0.3, -0.25) is 9.59 Å². The molecular formula is C21H25N3O2. The number of hydrogen-bond donors (Lipinski definition) is 1. The minimum Gasteiger partial charge on any atom is -0.378 e. The average Bonchev–Trinajstić information content (AvgIpc) is 3.04. The van der Waals surface area contributed by atoms with Gasteiger partial charge < -0.3 is 15.1 Å². The average molecular weight is 351 g/mol. The number of carbonyl (C=O) groups is 2. The Labute approximate surface area is 154 Å². The van der Waals surface area contributed by atoms with Crippen molar-refractivity contribution in [2.45, 2.75) is 12.8 Å². The zero-order chi connectivity index (χ0) is 18.5. The van der Waals surface area contributed by atoms with Gasteiger partial charge in [0.1, 0.15) is 0 Å². The molecule has 0 bridgehead atoms. The summed E-state index contributed by atoms with van der Waals surface area (Å²) in [5.41, 5.74) is 3.12. The van der Waals surface area contributed by atoms with Crippen molar-refractivity contribution < 1.29 is 9.59 Å². The predicted molar refractivity (Wildman–Crippen MR) is 104 cm³/mol. The van der Waals surface area contributed by atoms with Crippen LogP contribution in [0.15, 0.2) is 54.6 Å². The van der Waals surface area contributed by atoms with Gasteiger partial charge in [0.25, 0.3) is 0 Å². The number of nitrogens with zero attached hydrogens (tertiary/aromatic N) is 2. The summed E-state index contributed by atoms with van der Waals surface area (Å²) in [7, 11) is 3.96. The molecule has 0 saturated carbocycles. The number of amides is 2. The molecule has 1 fully saturated rings. The van der Waals surface area contributed by atoms with Crippen LogP contribution >= 0.6 is 0 Å². The summed E-state index contributed by atoms with van der Waals surface area (Å²) in [4.78, 5) is 28.5. The van der Waals surface area contributed by atoms with Crippen molar-refractivity contribution in [1.82, 2.24) is 5.32 Å². The van der Waals surface area contributed by atoms with Crippen LogP contribution in [0.3, 0.4) is 0 Å². The lowest BCUT2D eigenvalue weighted by molar-refractivity contribution is -0.126. The molecule has 2 amide bonds. The van der Waals surface area contributed by atoms with Gasteiger partial charge in [-0.25, -0.2) is 0 Å². The molecule has 1 aliphatic rings. The van der Waals surface area contributed by atoms with E-state index in [0.29, 0.717) is 13.1 Å². The third kappa shape index (κ3) is 4.23. The number of hydrogen-bond acceptors (Lipinski definition) is 3. The van der Waals surface area contributed by atoms with Gasteiger partial charge in [-0.2, -0.15) is 0 Å². The van der Waals surface area contributed by atoms with Crippen LogP contribution in [0.4, 0.5) is 11.4 Å². The molecule has 26 heavy (non-hydrogen) atoms. The Balaban J connectivity index is 1.54. The molecule has 3 rings (SSSR count). The van der Waals surface area contributed by atoms with Gasteiger partial charge in [0.15, 0.2) is 0 Å². The number of rotatable bonds is 6. The normalized spacial score (nSPS) is 16.6. The highest BCUT2D eigenvalue weighted by atomic mass is 16.2. The molecular weight excluding hydrogens is 326 g/mol. The number of nitrogens with one attached hydrogen (secondary N) is 1. The second-order valence-electron chi connectivity index (χ2n) is 6.84. The van der Waals surface area contributed by atoms with E-state index in [1.807, 2.05) is 73.6 Å². The summed E-state index contributed by atoms with van der Waals surface area (Å²) in [5, 5.41) is 2.97. The van der Waals surface area contributed by atoms with E-state index in [-0.39, 0.29) is 24.2 Å². The Morgan fingerprint density at radius 3 is 2.46 bits per heavy atom. The molecule has 5 nitrogen and oxygen atoms in total. The number of carbonyl (C=O) groups excluding carboxylic acids is 2. The second kappa shape index (κ2) is 8.04. The zero-order valence-electron chi connectivity index (χ0n) is 15.3. The summed E-state index contributed by atoms with van der Waals surface area (Å²) < 4.78 is 0. The van der Waals surface area contributed by atoms with Crippen LogP contribution < -0.4 is 15.1 Å². The van der Waals surface area contributed by atoms with Crippen molar-refractivity contribution in [3.05, 3.63) is 60.2 Å². The van der Waals surface area contributed by atoms with Crippen LogP contribution in [0.5, 0.6) is 0 Å². The highest BCUT2D eigenvalue weighted by molar-refractivity contribution is 6.00. The summed E-state index contributed by atoms with van der Waals surface area (Å²) in [6.45, 7) is 1.03. The molecule has 0 aliphatic carbocycles. The molecule has 5 heteroatoms. The van der Waals surface area contributed by atoms with E-state index in [2.05, 4.69) is 5.32 Å². The molecule has 0 radical (unpaired) electrons. The Kier molecular flexibility index (Phi) is 5.56. The molecule has 2 aromatic rings. The fraction of sp³-hybridized carbons (Fsp3) is 0.333. The van der Waals surface area contributed by atoms with Gasteiger partial charge in [-0.15, -0.1) is 0 Å². The lowest BCUT2D eigenvalue weighted by atomic mass is 10.1. The summed E-state index contributed by atoms with van der Waals surface area (Å²) in [5.74, 6) is -0.320. The second-order valence-corrected chi connectivity index (χ2v) is 6.84. The van der Waals surface area contributed by atoms with Gasteiger partial charge in [-0.05, 0) is 36.2 Å². The Morgan fingerprint density at radius 2 is 1.81 bits per heavy atom. The molecule has 1 aliphatic heterocycles. The predicted octanol–water partition coefficient (Wildman–Crippen LogP) is 2.46. The molecule has 136 valence electrons. The zero-order valence-corrected chi connectivity index (χ0v) is 15.3. The minimum atomic E-state index is -0.285. The monoisotopic (exact) mass is 351 g/mol. The van der Waals surface area contributed by atoms with Crippen molar-refractivity contribution >= 4 is 23.2 Å². The smallest absolute Gasteiger partial charge is 0.227 e. The fourth-order valence-corrected chi connectivity index (χ4v) is 3.18. The first-order chi connectivity index (χ1) is 12.5. The van der Waals surface area contributed by atoms with Gasteiger partial charge in [0.05, 0.1) is 5.92 Å². The van der Waals surface area contributed by atoms with Crippen molar-refractivity contribution in [3.63, 3.8) is 0 Å². The van der Waals surface area contributed by atoms with Crippen LogP contribution in [-0.4, -0.2) is 39.0 Å². The first-order valence-corrected chi connectivity index (χ1v) is 8.94. The molecule has 1 heterocycles. The molecule has 0 aromatic heterocycles. The maximum atomic E-state index is 12.4. The van der Waals surface area contributed by atoms with Crippen LogP contribution in [0.1, 0.15) is 12.0 Å². The standard InChI is InChI=1S/C21H25N3O2/c1-23(2)18-8-10-19(11-9-18)24-15-17(14-20(24)25)21(26)22-13-12-16-6-4-3-5-7-16/h3-11,17H,12-15H2,1-2H3,(H,22,26). The number of anilines is 2. The molecule has 1 saturated heterocycles. The van der Waals surface area contributed by atoms with Gasteiger partial charge in [-0.1, -0.05) is 30.3 Å². The van der Waals surface area contributed by atoms with Crippen LogP contribution in [0.2, 0.25) is 0 Å². The summed E-state index contributed by atoms with van der Waals surface area (Å²) in [6, 6.07) is 17.9. The Hall–Kier alpha value is -2.82. The minimum absolute atomic E-state index is 0.00538. The quantitative estimate of drug-likeness (QED) is 0.870. The Bertz CT molecular complexity index is 757.